The van der Waals surface area contributed by atoms with Crippen LogP contribution in [0.1, 0.15) is 5.56 Å². The molecule has 0 aliphatic rings. The molecule has 0 amide bonds. The van der Waals surface area contributed by atoms with Gasteiger partial charge in [0, 0.05) is 11.8 Å². The highest BCUT2D eigenvalue weighted by Gasteiger charge is 2.08. The van der Waals surface area contributed by atoms with Gasteiger partial charge in [-0.2, -0.15) is 0 Å². The van der Waals surface area contributed by atoms with Gasteiger partial charge in [0.25, 0.3) is 5.56 Å². The minimum atomic E-state index is -0.192. The molecule has 0 aliphatic carbocycles. The Hall–Kier alpha value is -2.80. The molecular weight excluding hydrogens is 256 g/mol. The molecule has 0 saturated heterocycles. The number of nitrogen functional groups attached to an aromatic ring is 1. The average molecular weight is 268 g/mol. The molecule has 20 heavy (non-hydrogen) atoms. The summed E-state index contributed by atoms with van der Waals surface area (Å²) in [7, 11) is 0. The quantitative estimate of drug-likeness (QED) is 0.531. The number of nitrogens with two attached hydrogens (primary N) is 1. The summed E-state index contributed by atoms with van der Waals surface area (Å²) in [5, 5.41) is 8.51. The molecule has 0 fully saturated rings. The third-order valence-electron chi connectivity index (χ3n) is 2.98. The van der Waals surface area contributed by atoms with Crippen molar-refractivity contribution in [1.82, 2.24) is 20.0 Å². The van der Waals surface area contributed by atoms with Crippen LogP contribution in [0.2, 0.25) is 0 Å². The molecule has 0 atom stereocenters. The molecule has 0 spiro atoms. The number of aromatic nitrogens is 4. The lowest BCUT2D eigenvalue weighted by atomic mass is 10.2. The smallest absolute Gasteiger partial charge is 0.277 e. The minimum absolute atomic E-state index is 0.192. The van der Waals surface area contributed by atoms with Crippen LogP contribution >= 0.6 is 0 Å². The lowest BCUT2D eigenvalue weighted by molar-refractivity contribution is 0.600. The summed E-state index contributed by atoms with van der Waals surface area (Å²) in [4.78, 5) is 16.4. The third-order valence-corrected chi connectivity index (χ3v) is 2.98. The fourth-order valence-electron chi connectivity index (χ4n) is 1.98. The molecule has 0 aliphatic heterocycles. The second-order valence-corrected chi connectivity index (χ2v) is 4.22. The van der Waals surface area contributed by atoms with Gasteiger partial charge in [0.2, 0.25) is 0 Å². The first kappa shape index (κ1) is 12.2. The van der Waals surface area contributed by atoms with Crippen molar-refractivity contribution in [2.24, 2.45) is 5.84 Å². The van der Waals surface area contributed by atoms with Gasteiger partial charge in [0.1, 0.15) is 11.3 Å². The van der Waals surface area contributed by atoms with Gasteiger partial charge in [-0.1, -0.05) is 23.4 Å². The van der Waals surface area contributed by atoms with E-state index in [4.69, 9.17) is 5.84 Å². The Bertz CT molecular complexity index is 813. The molecule has 0 radical (unpaired) electrons. The summed E-state index contributed by atoms with van der Waals surface area (Å²) in [5.74, 6) is 5.91. The van der Waals surface area contributed by atoms with E-state index in [2.05, 4.69) is 20.7 Å². The van der Waals surface area contributed by atoms with E-state index >= 15 is 0 Å². The Labute approximate surface area is 114 Å². The highest BCUT2D eigenvalue weighted by Crippen LogP contribution is 2.11. The van der Waals surface area contributed by atoms with Crippen LogP contribution in [-0.2, 0) is 6.54 Å². The summed E-state index contributed by atoms with van der Waals surface area (Å²) < 4.78 is 1.29. The fraction of sp³-hybridized carbons (Fsp3) is 0.0769. The summed E-state index contributed by atoms with van der Waals surface area (Å²) >= 11 is 0. The zero-order valence-corrected chi connectivity index (χ0v) is 10.5. The summed E-state index contributed by atoms with van der Waals surface area (Å²) in [6.45, 7) is 0.254. The normalized spacial score (nSPS) is 10.7. The largest absolute Gasteiger partial charge is 0.308 e. The Morgan fingerprint density at radius 1 is 1.20 bits per heavy atom. The number of pyridine rings is 1. The maximum absolute atomic E-state index is 12.3. The lowest BCUT2D eigenvalue weighted by Gasteiger charge is -2.08. The summed E-state index contributed by atoms with van der Waals surface area (Å²) in [6.07, 6.45) is 1.62. The van der Waals surface area contributed by atoms with Crippen LogP contribution in [0.4, 0.5) is 5.82 Å². The molecular formula is C13H12N6O. The number of hydrogen-bond donors (Lipinski definition) is 2. The Kier molecular flexibility index (Phi) is 3.10. The monoisotopic (exact) mass is 268 g/mol. The van der Waals surface area contributed by atoms with Gasteiger partial charge in [-0.25, -0.2) is 15.5 Å². The molecule has 3 aromatic rings. The molecule has 2 aromatic heterocycles. The van der Waals surface area contributed by atoms with Crippen molar-refractivity contribution in [3.63, 3.8) is 0 Å². The van der Waals surface area contributed by atoms with Gasteiger partial charge >= 0.3 is 0 Å². The zero-order valence-electron chi connectivity index (χ0n) is 10.5. The van der Waals surface area contributed by atoms with E-state index < -0.39 is 0 Å². The lowest BCUT2D eigenvalue weighted by Crippen LogP contribution is -2.25. The van der Waals surface area contributed by atoms with E-state index in [0.29, 0.717) is 16.7 Å². The second kappa shape index (κ2) is 5.06. The molecule has 7 nitrogen and oxygen atoms in total. The van der Waals surface area contributed by atoms with Gasteiger partial charge in [-0.3, -0.25) is 4.79 Å². The van der Waals surface area contributed by atoms with Gasteiger partial charge < -0.3 is 5.43 Å². The Balaban J connectivity index is 2.07. The summed E-state index contributed by atoms with van der Waals surface area (Å²) in [6, 6.07) is 10.7. The number of hydrogen-bond acceptors (Lipinski definition) is 6. The SMILES string of the molecule is NNc1ncccc1Cn1nnc2ccccc2c1=O. The highest BCUT2D eigenvalue weighted by atomic mass is 16.1. The van der Waals surface area contributed by atoms with Crippen molar-refractivity contribution in [2.75, 3.05) is 5.43 Å². The maximum Gasteiger partial charge on any atom is 0.277 e. The number of anilines is 1. The van der Waals surface area contributed by atoms with E-state index in [9.17, 15) is 4.79 Å². The number of benzene rings is 1. The second-order valence-electron chi connectivity index (χ2n) is 4.22. The predicted molar refractivity (Wildman–Crippen MR) is 74.9 cm³/mol. The van der Waals surface area contributed by atoms with Crippen LogP contribution in [0.3, 0.4) is 0 Å². The van der Waals surface area contributed by atoms with Gasteiger partial charge in [0.05, 0.1) is 11.9 Å². The van der Waals surface area contributed by atoms with Crippen molar-refractivity contribution in [3.8, 4) is 0 Å². The van der Waals surface area contributed by atoms with Crippen LogP contribution in [0.15, 0.2) is 47.4 Å². The standard InChI is InChI=1S/C13H12N6O/c14-16-12-9(4-3-7-15-12)8-19-13(20)10-5-1-2-6-11(10)17-18-19/h1-7H,8,14H2,(H,15,16). The van der Waals surface area contributed by atoms with Crippen molar-refractivity contribution < 1.29 is 0 Å². The van der Waals surface area contributed by atoms with Gasteiger partial charge in [-0.05, 0) is 18.2 Å². The summed E-state index contributed by atoms with van der Waals surface area (Å²) in [5.41, 5.74) is 3.65. The van der Waals surface area contributed by atoms with E-state index in [-0.39, 0.29) is 12.1 Å². The van der Waals surface area contributed by atoms with Crippen LogP contribution < -0.4 is 16.8 Å². The van der Waals surface area contributed by atoms with E-state index in [1.807, 2.05) is 12.1 Å². The topological polar surface area (TPSA) is 98.7 Å². The highest BCUT2D eigenvalue weighted by molar-refractivity contribution is 5.76. The van der Waals surface area contributed by atoms with Crippen LogP contribution in [0.25, 0.3) is 10.9 Å². The van der Waals surface area contributed by atoms with Gasteiger partial charge in [-0.15, -0.1) is 5.10 Å². The fourth-order valence-corrected chi connectivity index (χ4v) is 1.98. The number of nitrogens with zero attached hydrogens (tertiary/aromatic N) is 4. The van der Waals surface area contributed by atoms with E-state index in [1.54, 1.807) is 30.5 Å². The zero-order chi connectivity index (χ0) is 13.9. The Morgan fingerprint density at radius 3 is 2.90 bits per heavy atom. The molecule has 3 rings (SSSR count). The maximum atomic E-state index is 12.3. The van der Waals surface area contributed by atoms with Crippen molar-refractivity contribution in [1.29, 1.82) is 0 Å². The van der Waals surface area contributed by atoms with Crippen molar-refractivity contribution in [3.05, 3.63) is 58.5 Å². The Morgan fingerprint density at radius 2 is 2.05 bits per heavy atom. The first-order valence-corrected chi connectivity index (χ1v) is 6.02. The van der Waals surface area contributed by atoms with Crippen LogP contribution in [0, 0.1) is 0 Å². The molecule has 3 N–H and O–H groups in total. The molecule has 1 aromatic carbocycles. The van der Waals surface area contributed by atoms with Crippen LogP contribution in [0.5, 0.6) is 0 Å². The number of hydrazine groups is 1. The average Bonchev–Trinajstić information content (AvgIpc) is 2.51. The molecule has 100 valence electrons. The molecule has 0 bridgehead atoms. The van der Waals surface area contributed by atoms with E-state index in [0.717, 1.165) is 5.56 Å². The number of fused-ring (bicyclic) bond motifs is 1. The third kappa shape index (κ3) is 2.10. The van der Waals surface area contributed by atoms with Crippen molar-refractivity contribution >= 4 is 16.7 Å². The first-order chi connectivity index (χ1) is 9.79. The molecule has 0 saturated carbocycles. The number of nitrogens with one attached hydrogen (secondary N) is 1. The minimum Gasteiger partial charge on any atom is -0.308 e. The molecule has 0 unspecified atom stereocenters. The predicted octanol–water partition coefficient (Wildman–Crippen LogP) is 0.520. The molecule has 2 heterocycles. The van der Waals surface area contributed by atoms with E-state index in [1.165, 1.54) is 4.68 Å². The first-order valence-electron chi connectivity index (χ1n) is 6.02. The van der Waals surface area contributed by atoms with Gasteiger partial charge in [0.15, 0.2) is 0 Å². The van der Waals surface area contributed by atoms with Crippen molar-refractivity contribution in [2.45, 2.75) is 6.54 Å². The molecule has 7 heteroatoms. The van der Waals surface area contributed by atoms with Crippen LogP contribution in [-0.4, -0.2) is 20.0 Å². The number of rotatable bonds is 3.